The van der Waals surface area contributed by atoms with Crippen molar-refractivity contribution in [2.24, 2.45) is 29.1 Å². The molecule has 0 aromatic heterocycles. The Kier molecular flexibility index (Phi) is 5.82. The van der Waals surface area contributed by atoms with Gasteiger partial charge in [-0.2, -0.15) is 0 Å². The molecule has 1 atom stereocenters. The lowest BCUT2D eigenvalue weighted by molar-refractivity contribution is -0.151. The van der Waals surface area contributed by atoms with Crippen molar-refractivity contribution in [3.8, 4) is 0 Å². The molecule has 4 aliphatic carbocycles. The summed E-state index contributed by atoms with van der Waals surface area (Å²) in [7, 11) is 0. The van der Waals surface area contributed by atoms with Crippen LogP contribution in [0, 0.1) is 29.1 Å². The van der Waals surface area contributed by atoms with E-state index >= 15 is 0 Å². The molecular weight excluding hydrogens is 344 g/mol. The lowest BCUT2D eigenvalue weighted by Gasteiger charge is -2.56. The molecule has 0 heterocycles. The van der Waals surface area contributed by atoms with E-state index in [0.717, 1.165) is 19.3 Å². The largest absolute Gasteiger partial charge is 0.481 e. The maximum atomic E-state index is 13.3. The van der Waals surface area contributed by atoms with Gasteiger partial charge < -0.3 is 15.3 Å². The summed E-state index contributed by atoms with van der Waals surface area (Å²) in [6, 6.07) is -0.584. The molecule has 4 saturated carbocycles. The summed E-state index contributed by atoms with van der Waals surface area (Å²) >= 11 is 0. The number of carbonyl (C=O) groups excluding carboxylic acids is 2. The number of rotatable bonds is 8. The zero-order valence-electron chi connectivity index (χ0n) is 16.9. The quantitative estimate of drug-likeness (QED) is 0.680. The van der Waals surface area contributed by atoms with Crippen molar-refractivity contribution in [1.82, 2.24) is 10.2 Å². The summed E-state index contributed by atoms with van der Waals surface area (Å²) in [4.78, 5) is 38.8. The standard InChI is InChI=1S/C21H34N2O4/c1-4-23(6-5-17(24)25)19(26)18(13(2)3)22-20(27)21-10-14-7-15(11-21)9-16(8-14)12-21/h13-16,18H,4-12H2,1-3H3,(H,22,27)(H,24,25). The Balaban J connectivity index is 1.69. The molecule has 4 aliphatic rings. The SMILES string of the molecule is CCN(CCC(=O)O)C(=O)C(NC(=O)C12CC3CC(CC(C3)C1)C2)C(C)C. The number of nitrogens with one attached hydrogen (secondary N) is 1. The van der Waals surface area contributed by atoms with Gasteiger partial charge in [-0.25, -0.2) is 0 Å². The number of amides is 2. The van der Waals surface area contributed by atoms with E-state index in [-0.39, 0.29) is 36.1 Å². The highest BCUT2D eigenvalue weighted by Crippen LogP contribution is 2.60. The maximum absolute atomic E-state index is 13.3. The molecule has 0 aliphatic heterocycles. The van der Waals surface area contributed by atoms with E-state index in [0.29, 0.717) is 24.3 Å². The van der Waals surface area contributed by atoms with Crippen molar-refractivity contribution in [3.63, 3.8) is 0 Å². The minimum atomic E-state index is -0.917. The minimum Gasteiger partial charge on any atom is -0.481 e. The van der Waals surface area contributed by atoms with Crippen LogP contribution in [0.1, 0.15) is 65.7 Å². The molecule has 4 fully saturated rings. The van der Waals surface area contributed by atoms with Crippen LogP contribution in [0.3, 0.4) is 0 Å². The van der Waals surface area contributed by atoms with Crippen LogP contribution < -0.4 is 5.32 Å². The van der Waals surface area contributed by atoms with Crippen LogP contribution in [-0.4, -0.2) is 46.9 Å². The van der Waals surface area contributed by atoms with Crippen molar-refractivity contribution >= 4 is 17.8 Å². The van der Waals surface area contributed by atoms with Crippen LogP contribution in [0.4, 0.5) is 0 Å². The van der Waals surface area contributed by atoms with Gasteiger partial charge in [0.1, 0.15) is 6.04 Å². The molecule has 27 heavy (non-hydrogen) atoms. The van der Waals surface area contributed by atoms with Crippen molar-refractivity contribution in [2.75, 3.05) is 13.1 Å². The smallest absolute Gasteiger partial charge is 0.305 e. The molecule has 0 saturated heterocycles. The Morgan fingerprint density at radius 3 is 2.00 bits per heavy atom. The van der Waals surface area contributed by atoms with Gasteiger partial charge in [0.2, 0.25) is 11.8 Å². The molecule has 6 nitrogen and oxygen atoms in total. The van der Waals surface area contributed by atoms with Gasteiger partial charge >= 0.3 is 5.97 Å². The third-order valence-electron chi connectivity index (χ3n) is 7.03. The number of carboxylic acids is 1. The van der Waals surface area contributed by atoms with E-state index < -0.39 is 12.0 Å². The van der Waals surface area contributed by atoms with E-state index in [1.165, 1.54) is 19.3 Å². The highest BCUT2D eigenvalue weighted by Gasteiger charge is 2.55. The number of aliphatic carboxylic acids is 1. The normalized spacial score (nSPS) is 32.4. The molecule has 6 heteroatoms. The summed E-state index contributed by atoms with van der Waals surface area (Å²) in [5, 5.41) is 12.0. The second kappa shape index (κ2) is 7.80. The molecule has 4 bridgehead atoms. The fraction of sp³-hybridized carbons (Fsp3) is 0.857. The molecular formula is C21H34N2O4. The molecule has 0 aromatic rings. The molecule has 152 valence electrons. The zero-order valence-corrected chi connectivity index (χ0v) is 16.9. The lowest BCUT2D eigenvalue weighted by Crippen LogP contribution is -2.59. The highest BCUT2D eigenvalue weighted by atomic mass is 16.4. The van der Waals surface area contributed by atoms with Gasteiger partial charge in [0.15, 0.2) is 0 Å². The van der Waals surface area contributed by atoms with Crippen molar-refractivity contribution in [1.29, 1.82) is 0 Å². The van der Waals surface area contributed by atoms with Crippen molar-refractivity contribution in [2.45, 2.75) is 71.8 Å². The number of carboxylic acid groups (broad SMARTS) is 1. The first kappa shape index (κ1) is 20.2. The highest BCUT2D eigenvalue weighted by molar-refractivity contribution is 5.90. The Hall–Kier alpha value is -1.59. The number of hydrogen-bond acceptors (Lipinski definition) is 3. The molecule has 0 radical (unpaired) electrons. The van der Waals surface area contributed by atoms with Gasteiger partial charge in [-0.15, -0.1) is 0 Å². The summed E-state index contributed by atoms with van der Waals surface area (Å²) in [6.07, 6.45) is 6.67. The van der Waals surface area contributed by atoms with Crippen LogP contribution in [0.5, 0.6) is 0 Å². The van der Waals surface area contributed by atoms with Crippen LogP contribution in [0.25, 0.3) is 0 Å². The average molecular weight is 379 g/mol. The van der Waals surface area contributed by atoms with Gasteiger partial charge in [0.25, 0.3) is 0 Å². The van der Waals surface area contributed by atoms with Gasteiger partial charge in [-0.1, -0.05) is 13.8 Å². The van der Waals surface area contributed by atoms with Gasteiger partial charge in [-0.3, -0.25) is 14.4 Å². The van der Waals surface area contributed by atoms with Crippen molar-refractivity contribution < 1.29 is 19.5 Å². The van der Waals surface area contributed by atoms with E-state index in [1.54, 1.807) is 4.90 Å². The van der Waals surface area contributed by atoms with Gasteiger partial charge in [0.05, 0.1) is 6.42 Å². The first-order valence-electron chi connectivity index (χ1n) is 10.6. The summed E-state index contributed by atoms with van der Waals surface area (Å²) < 4.78 is 0. The Bertz CT molecular complexity index is 566. The molecule has 2 N–H and O–H groups in total. The Morgan fingerprint density at radius 2 is 1.59 bits per heavy atom. The predicted octanol–water partition coefficient (Wildman–Crippen LogP) is 2.67. The lowest BCUT2D eigenvalue weighted by atomic mass is 9.49. The van der Waals surface area contributed by atoms with Gasteiger partial charge in [0, 0.05) is 18.5 Å². The molecule has 0 aromatic carbocycles. The maximum Gasteiger partial charge on any atom is 0.305 e. The topological polar surface area (TPSA) is 86.7 Å². The predicted molar refractivity (Wildman–Crippen MR) is 102 cm³/mol. The molecule has 2 amide bonds. The van der Waals surface area contributed by atoms with Gasteiger partial charge in [-0.05, 0) is 69.1 Å². The zero-order chi connectivity index (χ0) is 19.8. The van der Waals surface area contributed by atoms with E-state index in [2.05, 4.69) is 5.32 Å². The average Bonchev–Trinajstić information content (AvgIpc) is 2.58. The first-order valence-corrected chi connectivity index (χ1v) is 10.6. The van der Waals surface area contributed by atoms with Crippen LogP contribution in [-0.2, 0) is 14.4 Å². The number of nitrogens with zero attached hydrogens (tertiary/aromatic N) is 1. The van der Waals surface area contributed by atoms with E-state index in [9.17, 15) is 14.4 Å². The summed E-state index contributed by atoms with van der Waals surface area (Å²) in [5.41, 5.74) is -0.278. The third-order valence-corrected chi connectivity index (χ3v) is 7.03. The van der Waals surface area contributed by atoms with E-state index in [1.807, 2.05) is 20.8 Å². The Labute approximate surface area is 162 Å². The second-order valence-corrected chi connectivity index (χ2v) is 9.45. The van der Waals surface area contributed by atoms with Crippen LogP contribution in [0.15, 0.2) is 0 Å². The monoisotopic (exact) mass is 378 g/mol. The summed E-state index contributed by atoms with van der Waals surface area (Å²) in [6.45, 7) is 6.35. The number of carbonyl (C=O) groups is 3. The van der Waals surface area contributed by atoms with Crippen LogP contribution >= 0.6 is 0 Å². The van der Waals surface area contributed by atoms with E-state index in [4.69, 9.17) is 5.11 Å². The summed E-state index contributed by atoms with van der Waals surface area (Å²) in [5.74, 6) is 0.984. The molecule has 4 rings (SSSR count). The fourth-order valence-electron chi connectivity index (χ4n) is 6.05. The van der Waals surface area contributed by atoms with Crippen LogP contribution in [0.2, 0.25) is 0 Å². The Morgan fingerprint density at radius 1 is 1.07 bits per heavy atom. The number of likely N-dealkylation sites (N-methyl/N-ethyl adjacent to an activating group) is 1. The third kappa shape index (κ3) is 4.14. The fourth-order valence-corrected chi connectivity index (χ4v) is 6.05. The molecule has 0 spiro atoms. The first-order chi connectivity index (χ1) is 12.7. The van der Waals surface area contributed by atoms with Crippen molar-refractivity contribution in [3.05, 3.63) is 0 Å². The molecule has 1 unspecified atom stereocenters. The second-order valence-electron chi connectivity index (χ2n) is 9.45. The minimum absolute atomic E-state index is 0.0331. The number of hydrogen-bond donors (Lipinski definition) is 2.